The van der Waals surface area contributed by atoms with Gasteiger partial charge in [0.2, 0.25) is 5.13 Å². The molecule has 0 spiro atoms. The van der Waals surface area contributed by atoms with Gasteiger partial charge in [-0.2, -0.15) is 13.2 Å². The zero-order valence-corrected chi connectivity index (χ0v) is 10.3. The minimum absolute atomic E-state index is 0.00293. The van der Waals surface area contributed by atoms with E-state index in [1.165, 1.54) is 12.4 Å². The van der Waals surface area contributed by atoms with Crippen molar-refractivity contribution in [2.75, 3.05) is 5.32 Å². The topological polar surface area (TPSA) is 67.8 Å². The van der Waals surface area contributed by atoms with Gasteiger partial charge in [0.05, 0.1) is 11.3 Å². The van der Waals surface area contributed by atoms with Crippen molar-refractivity contribution in [1.82, 2.24) is 15.2 Å². The van der Waals surface area contributed by atoms with E-state index in [9.17, 15) is 18.0 Å². The standard InChI is InChI=1S/C10H7F3N4OS/c1-5-6(2-3-7(15-5)10(11,12)13)8(18)16-9-17-14-4-19-9/h2-4H,1H3,(H,16,17,18). The zero-order valence-electron chi connectivity index (χ0n) is 9.52. The van der Waals surface area contributed by atoms with Gasteiger partial charge in [-0.05, 0) is 19.1 Å². The molecule has 0 saturated carbocycles. The molecule has 0 saturated heterocycles. The second kappa shape index (κ2) is 4.92. The summed E-state index contributed by atoms with van der Waals surface area (Å²) < 4.78 is 37.3. The van der Waals surface area contributed by atoms with Crippen molar-refractivity contribution in [3.63, 3.8) is 0 Å². The Morgan fingerprint density at radius 2 is 2.11 bits per heavy atom. The van der Waals surface area contributed by atoms with Gasteiger partial charge < -0.3 is 0 Å². The van der Waals surface area contributed by atoms with Crippen LogP contribution in [0.15, 0.2) is 17.6 Å². The van der Waals surface area contributed by atoms with Crippen LogP contribution in [0, 0.1) is 6.92 Å². The third-order valence-electron chi connectivity index (χ3n) is 2.20. The predicted molar refractivity (Wildman–Crippen MR) is 61.8 cm³/mol. The monoisotopic (exact) mass is 288 g/mol. The van der Waals surface area contributed by atoms with Crippen molar-refractivity contribution < 1.29 is 18.0 Å². The number of alkyl halides is 3. The van der Waals surface area contributed by atoms with Gasteiger partial charge in [0, 0.05) is 0 Å². The Hall–Kier alpha value is -2.03. The smallest absolute Gasteiger partial charge is 0.296 e. The van der Waals surface area contributed by atoms with E-state index in [0.29, 0.717) is 0 Å². The molecule has 2 rings (SSSR count). The van der Waals surface area contributed by atoms with E-state index in [1.54, 1.807) is 0 Å². The Labute approximate surface area is 109 Å². The zero-order chi connectivity index (χ0) is 14.0. The fourth-order valence-corrected chi connectivity index (χ4v) is 1.79. The molecule has 9 heteroatoms. The number of carbonyl (C=O) groups excluding carboxylic acids is 1. The average molecular weight is 288 g/mol. The van der Waals surface area contributed by atoms with Crippen LogP contribution in [0.4, 0.5) is 18.3 Å². The normalized spacial score (nSPS) is 11.4. The highest BCUT2D eigenvalue weighted by atomic mass is 32.1. The van der Waals surface area contributed by atoms with Gasteiger partial charge in [-0.3, -0.25) is 10.1 Å². The maximum atomic E-state index is 12.4. The summed E-state index contributed by atoms with van der Waals surface area (Å²) in [7, 11) is 0. The van der Waals surface area contributed by atoms with Gasteiger partial charge in [0.25, 0.3) is 5.91 Å². The van der Waals surface area contributed by atoms with Crippen molar-refractivity contribution >= 4 is 22.4 Å². The molecule has 2 heterocycles. The fraction of sp³-hybridized carbons (Fsp3) is 0.200. The number of rotatable bonds is 2. The van der Waals surface area contributed by atoms with Crippen LogP contribution in [0.3, 0.4) is 0 Å². The molecule has 0 unspecified atom stereocenters. The summed E-state index contributed by atoms with van der Waals surface area (Å²) in [5, 5.41) is 9.82. The summed E-state index contributed by atoms with van der Waals surface area (Å²) in [6.45, 7) is 1.34. The molecule has 2 aromatic heterocycles. The number of carbonyl (C=O) groups is 1. The molecule has 0 fully saturated rings. The van der Waals surface area contributed by atoms with E-state index in [1.807, 2.05) is 0 Å². The minimum atomic E-state index is -4.53. The van der Waals surface area contributed by atoms with Crippen molar-refractivity contribution in [3.05, 3.63) is 34.6 Å². The number of aromatic nitrogens is 3. The third kappa shape index (κ3) is 3.05. The first-order chi connectivity index (χ1) is 8.88. The fourth-order valence-electron chi connectivity index (χ4n) is 1.35. The van der Waals surface area contributed by atoms with Gasteiger partial charge in [0.15, 0.2) is 0 Å². The number of hydrogen-bond donors (Lipinski definition) is 1. The molecule has 0 aliphatic heterocycles. The van der Waals surface area contributed by atoms with Crippen LogP contribution >= 0.6 is 11.3 Å². The van der Waals surface area contributed by atoms with Gasteiger partial charge >= 0.3 is 6.18 Å². The molecule has 0 aliphatic carbocycles. The first-order valence-corrected chi connectivity index (χ1v) is 5.88. The third-order valence-corrected chi connectivity index (χ3v) is 2.81. The number of hydrogen-bond acceptors (Lipinski definition) is 5. The molecule has 5 nitrogen and oxygen atoms in total. The molecule has 0 aromatic carbocycles. The summed E-state index contributed by atoms with van der Waals surface area (Å²) in [6.07, 6.45) is -4.53. The number of nitrogens with one attached hydrogen (secondary N) is 1. The number of halogens is 3. The SMILES string of the molecule is Cc1nc(C(F)(F)F)ccc1C(=O)Nc1nncs1. The summed E-state index contributed by atoms with van der Waals surface area (Å²) in [5.74, 6) is -0.574. The molecule has 19 heavy (non-hydrogen) atoms. The van der Waals surface area contributed by atoms with Gasteiger partial charge in [0.1, 0.15) is 11.2 Å². The molecule has 100 valence electrons. The maximum Gasteiger partial charge on any atom is 0.433 e. The molecule has 0 radical (unpaired) electrons. The van der Waals surface area contributed by atoms with Crippen LogP contribution in [-0.2, 0) is 6.18 Å². The summed E-state index contributed by atoms with van der Waals surface area (Å²) >= 11 is 1.10. The van der Waals surface area contributed by atoms with Crippen molar-refractivity contribution in [2.24, 2.45) is 0 Å². The highest BCUT2D eigenvalue weighted by Crippen LogP contribution is 2.28. The first kappa shape index (κ1) is 13.4. The highest BCUT2D eigenvalue weighted by Gasteiger charge is 2.33. The largest absolute Gasteiger partial charge is 0.433 e. The van der Waals surface area contributed by atoms with Crippen LogP contribution in [0.1, 0.15) is 21.7 Å². The van der Waals surface area contributed by atoms with E-state index in [0.717, 1.165) is 23.5 Å². The first-order valence-electron chi connectivity index (χ1n) is 5.00. The van der Waals surface area contributed by atoms with E-state index in [4.69, 9.17) is 0 Å². The van der Waals surface area contributed by atoms with Crippen molar-refractivity contribution in [1.29, 1.82) is 0 Å². The lowest BCUT2D eigenvalue weighted by atomic mass is 10.1. The number of nitrogens with zero attached hydrogens (tertiary/aromatic N) is 3. The number of anilines is 1. The van der Waals surface area contributed by atoms with E-state index in [-0.39, 0.29) is 16.4 Å². The van der Waals surface area contributed by atoms with Crippen LogP contribution < -0.4 is 5.32 Å². The maximum absolute atomic E-state index is 12.4. The van der Waals surface area contributed by atoms with Crippen molar-refractivity contribution in [3.8, 4) is 0 Å². The highest BCUT2D eigenvalue weighted by molar-refractivity contribution is 7.13. The summed E-state index contributed by atoms with van der Waals surface area (Å²) in [6, 6.07) is 1.85. The molecular weight excluding hydrogens is 281 g/mol. The van der Waals surface area contributed by atoms with Gasteiger partial charge in [-0.1, -0.05) is 11.3 Å². The Bertz CT molecular complexity index is 597. The van der Waals surface area contributed by atoms with Crippen molar-refractivity contribution in [2.45, 2.75) is 13.1 Å². The van der Waals surface area contributed by atoms with E-state index >= 15 is 0 Å². The van der Waals surface area contributed by atoms with Gasteiger partial charge in [-0.15, -0.1) is 10.2 Å². The summed E-state index contributed by atoms with van der Waals surface area (Å²) in [5.41, 5.74) is 0.450. The molecule has 2 aromatic rings. The Morgan fingerprint density at radius 3 is 2.63 bits per heavy atom. The second-order valence-electron chi connectivity index (χ2n) is 3.53. The van der Waals surface area contributed by atoms with Gasteiger partial charge in [-0.25, -0.2) is 4.98 Å². The second-order valence-corrected chi connectivity index (χ2v) is 4.36. The lowest BCUT2D eigenvalue weighted by molar-refractivity contribution is -0.141. The lowest BCUT2D eigenvalue weighted by Crippen LogP contribution is -2.16. The number of pyridine rings is 1. The molecule has 0 atom stereocenters. The lowest BCUT2D eigenvalue weighted by Gasteiger charge is -2.09. The summed E-state index contributed by atoms with van der Waals surface area (Å²) in [4.78, 5) is 15.2. The number of aryl methyl sites for hydroxylation is 1. The number of amides is 1. The Kier molecular flexibility index (Phi) is 3.47. The Morgan fingerprint density at radius 1 is 1.37 bits per heavy atom. The quantitative estimate of drug-likeness (QED) is 0.922. The van der Waals surface area contributed by atoms with E-state index < -0.39 is 17.8 Å². The minimum Gasteiger partial charge on any atom is -0.296 e. The van der Waals surface area contributed by atoms with Crippen LogP contribution in [0.2, 0.25) is 0 Å². The molecule has 1 amide bonds. The molecule has 0 bridgehead atoms. The molecular formula is C10H7F3N4OS. The predicted octanol–water partition coefficient (Wildman–Crippen LogP) is 2.51. The van der Waals surface area contributed by atoms with Crippen LogP contribution in [0.25, 0.3) is 0 Å². The molecule has 0 aliphatic rings. The van der Waals surface area contributed by atoms with Crippen LogP contribution in [-0.4, -0.2) is 21.1 Å². The van der Waals surface area contributed by atoms with Crippen LogP contribution in [0.5, 0.6) is 0 Å². The average Bonchev–Trinajstić information content (AvgIpc) is 2.80. The molecule has 1 N–H and O–H groups in total. The van der Waals surface area contributed by atoms with E-state index in [2.05, 4.69) is 20.5 Å². The Balaban J connectivity index is 2.24.